The Morgan fingerprint density at radius 1 is 1.10 bits per heavy atom. The lowest BCUT2D eigenvalue weighted by atomic mass is 9.90. The summed E-state index contributed by atoms with van der Waals surface area (Å²) in [6.45, 7) is 1.20. The Morgan fingerprint density at radius 3 is 2.57 bits per heavy atom. The molecule has 0 aromatic heterocycles. The van der Waals surface area contributed by atoms with Gasteiger partial charge in [0.05, 0.1) is 30.4 Å². The Bertz CT molecular complexity index is 607. The monoisotopic (exact) mass is 331 g/mol. The maximum Gasteiger partial charge on any atom is 0.242 e. The van der Waals surface area contributed by atoms with Gasteiger partial charge in [-0.15, -0.1) is 0 Å². The van der Waals surface area contributed by atoms with Gasteiger partial charge in [0.2, 0.25) is 10.0 Å². The van der Waals surface area contributed by atoms with Crippen LogP contribution in [0.4, 0.5) is 0 Å². The number of ether oxygens (including phenoxy) is 2. The fraction of sp³-hybridized carbons (Fsp3) is 0.571. The first kappa shape index (κ1) is 15.2. The van der Waals surface area contributed by atoms with Gasteiger partial charge in [-0.2, -0.15) is 0 Å². The molecule has 3 atom stereocenters. The molecule has 21 heavy (non-hydrogen) atoms. The van der Waals surface area contributed by atoms with Crippen molar-refractivity contribution in [2.24, 2.45) is 0 Å². The van der Waals surface area contributed by atoms with Crippen molar-refractivity contribution < 1.29 is 17.9 Å². The Balaban J connectivity index is 1.70. The van der Waals surface area contributed by atoms with E-state index in [1.807, 2.05) is 0 Å². The zero-order chi connectivity index (χ0) is 14.9. The summed E-state index contributed by atoms with van der Waals surface area (Å²) >= 11 is 5.97. The molecule has 0 spiro atoms. The van der Waals surface area contributed by atoms with Gasteiger partial charge in [0.15, 0.2) is 0 Å². The highest BCUT2D eigenvalue weighted by Crippen LogP contribution is 2.28. The van der Waals surface area contributed by atoms with Gasteiger partial charge >= 0.3 is 0 Å². The molecule has 3 rings (SSSR count). The smallest absolute Gasteiger partial charge is 0.242 e. The number of halogens is 1. The summed E-state index contributed by atoms with van der Waals surface area (Å²) in [5.41, 5.74) is 0. The zero-order valence-electron chi connectivity index (χ0n) is 11.5. The number of fused-ring (bicyclic) bond motifs is 1. The van der Waals surface area contributed by atoms with Gasteiger partial charge < -0.3 is 9.47 Å². The normalized spacial score (nSPS) is 29.9. The van der Waals surface area contributed by atoms with Crippen molar-refractivity contribution in [1.82, 2.24) is 4.72 Å². The molecule has 5 nitrogen and oxygen atoms in total. The van der Waals surface area contributed by atoms with Crippen molar-refractivity contribution in [3.63, 3.8) is 0 Å². The molecule has 1 N–H and O–H groups in total. The first-order valence-electron chi connectivity index (χ1n) is 7.06. The minimum Gasteiger partial charge on any atom is -0.373 e. The zero-order valence-corrected chi connectivity index (χ0v) is 13.1. The molecule has 2 fully saturated rings. The summed E-state index contributed by atoms with van der Waals surface area (Å²) in [7, 11) is -3.61. The van der Waals surface area contributed by atoms with Gasteiger partial charge in [0.1, 0.15) is 4.90 Å². The largest absolute Gasteiger partial charge is 0.373 e. The molecule has 116 valence electrons. The van der Waals surface area contributed by atoms with E-state index in [-0.39, 0.29) is 28.2 Å². The minimum atomic E-state index is -3.61. The van der Waals surface area contributed by atoms with Gasteiger partial charge in [-0.05, 0) is 31.4 Å². The van der Waals surface area contributed by atoms with Crippen LogP contribution in [0.5, 0.6) is 0 Å². The van der Waals surface area contributed by atoms with Crippen LogP contribution in [0.3, 0.4) is 0 Å². The number of nitrogens with one attached hydrogen (secondary N) is 1. The van der Waals surface area contributed by atoms with Crippen LogP contribution in [0.25, 0.3) is 0 Å². The summed E-state index contributed by atoms with van der Waals surface area (Å²) in [5.74, 6) is 0. The lowest BCUT2D eigenvalue weighted by Crippen LogP contribution is -2.49. The molecule has 0 amide bonds. The van der Waals surface area contributed by atoms with Crippen LogP contribution >= 0.6 is 11.6 Å². The van der Waals surface area contributed by atoms with Crippen LogP contribution in [-0.2, 0) is 19.5 Å². The molecule has 1 aliphatic heterocycles. The molecule has 1 aliphatic carbocycles. The van der Waals surface area contributed by atoms with E-state index in [4.69, 9.17) is 21.1 Å². The van der Waals surface area contributed by atoms with Gasteiger partial charge in [-0.1, -0.05) is 23.7 Å². The van der Waals surface area contributed by atoms with Crippen molar-refractivity contribution in [1.29, 1.82) is 0 Å². The molecule has 1 heterocycles. The highest BCUT2D eigenvalue weighted by molar-refractivity contribution is 7.89. The van der Waals surface area contributed by atoms with Crippen LogP contribution in [0.1, 0.15) is 19.3 Å². The fourth-order valence-electron chi connectivity index (χ4n) is 2.92. The summed E-state index contributed by atoms with van der Waals surface area (Å²) in [5, 5.41) is 0.232. The van der Waals surface area contributed by atoms with E-state index in [0.717, 1.165) is 12.8 Å². The molecule has 1 aromatic rings. The van der Waals surface area contributed by atoms with Crippen molar-refractivity contribution in [2.45, 2.75) is 42.4 Å². The Kier molecular flexibility index (Phi) is 4.51. The molecule has 0 radical (unpaired) electrons. The summed E-state index contributed by atoms with van der Waals surface area (Å²) in [4.78, 5) is 0.120. The third-order valence-electron chi connectivity index (χ3n) is 3.93. The number of rotatable bonds is 3. The molecular formula is C14H18ClNO4S. The third kappa shape index (κ3) is 3.40. The minimum absolute atomic E-state index is 0.0218. The van der Waals surface area contributed by atoms with Crippen LogP contribution in [-0.4, -0.2) is 39.9 Å². The summed E-state index contributed by atoms with van der Waals surface area (Å²) in [6.07, 6.45) is 2.26. The molecule has 7 heteroatoms. The van der Waals surface area contributed by atoms with Crippen LogP contribution in [0.15, 0.2) is 29.2 Å². The summed E-state index contributed by atoms with van der Waals surface area (Å²) < 4.78 is 38.9. The van der Waals surface area contributed by atoms with E-state index in [1.54, 1.807) is 18.2 Å². The molecular weight excluding hydrogens is 314 g/mol. The van der Waals surface area contributed by atoms with E-state index in [1.165, 1.54) is 6.07 Å². The molecule has 0 bridgehead atoms. The lowest BCUT2D eigenvalue weighted by molar-refractivity contribution is -0.156. The highest BCUT2D eigenvalue weighted by Gasteiger charge is 2.36. The van der Waals surface area contributed by atoms with Gasteiger partial charge in [-0.25, -0.2) is 13.1 Å². The van der Waals surface area contributed by atoms with Gasteiger partial charge in [-0.3, -0.25) is 0 Å². The number of benzene rings is 1. The average molecular weight is 332 g/mol. The molecule has 1 aromatic carbocycles. The quantitative estimate of drug-likeness (QED) is 0.919. The van der Waals surface area contributed by atoms with Crippen LogP contribution in [0.2, 0.25) is 5.02 Å². The van der Waals surface area contributed by atoms with E-state index in [0.29, 0.717) is 19.6 Å². The van der Waals surface area contributed by atoms with Gasteiger partial charge in [0.25, 0.3) is 0 Å². The van der Waals surface area contributed by atoms with Crippen molar-refractivity contribution in [2.75, 3.05) is 13.2 Å². The second kappa shape index (κ2) is 6.22. The standard InChI is InChI=1S/C14H18ClNO4S/c15-11-3-1-2-4-14(11)21(17,18)16-10-5-6-12-13(9-10)20-8-7-19-12/h1-4,10,12-13,16H,5-9H2/t10-,12+,13-/m1/s1. The first-order valence-corrected chi connectivity index (χ1v) is 8.92. The first-order chi connectivity index (χ1) is 10.1. The number of hydrogen-bond donors (Lipinski definition) is 1. The van der Waals surface area contributed by atoms with Crippen LogP contribution < -0.4 is 4.72 Å². The molecule has 1 saturated carbocycles. The Labute approximate surface area is 129 Å². The lowest BCUT2D eigenvalue weighted by Gasteiger charge is -2.38. The highest BCUT2D eigenvalue weighted by atomic mass is 35.5. The van der Waals surface area contributed by atoms with Crippen LogP contribution in [0, 0.1) is 0 Å². The van der Waals surface area contributed by atoms with Crippen molar-refractivity contribution in [3.05, 3.63) is 29.3 Å². The van der Waals surface area contributed by atoms with Crippen molar-refractivity contribution >= 4 is 21.6 Å². The topological polar surface area (TPSA) is 64.6 Å². The maximum absolute atomic E-state index is 12.4. The molecule has 0 unspecified atom stereocenters. The van der Waals surface area contributed by atoms with E-state index >= 15 is 0 Å². The second-order valence-corrected chi connectivity index (χ2v) is 7.47. The maximum atomic E-state index is 12.4. The SMILES string of the molecule is O=S(=O)(N[C@@H]1CC[C@@H]2OCCO[C@@H]2C1)c1ccccc1Cl. The second-order valence-electron chi connectivity index (χ2n) is 5.38. The Hall–Kier alpha value is -0.660. The predicted molar refractivity (Wildman–Crippen MR) is 78.9 cm³/mol. The Morgan fingerprint density at radius 2 is 1.81 bits per heavy atom. The molecule has 1 saturated heterocycles. The number of hydrogen-bond acceptors (Lipinski definition) is 4. The average Bonchev–Trinajstić information content (AvgIpc) is 2.47. The third-order valence-corrected chi connectivity index (χ3v) is 5.95. The fourth-order valence-corrected chi connectivity index (χ4v) is 4.72. The number of sulfonamides is 1. The van der Waals surface area contributed by atoms with E-state index in [2.05, 4.69) is 4.72 Å². The van der Waals surface area contributed by atoms with E-state index in [9.17, 15) is 8.42 Å². The molecule has 2 aliphatic rings. The predicted octanol–water partition coefficient (Wildman–Crippen LogP) is 1.95. The van der Waals surface area contributed by atoms with Crippen molar-refractivity contribution in [3.8, 4) is 0 Å². The van der Waals surface area contributed by atoms with Gasteiger partial charge in [0, 0.05) is 6.04 Å². The van der Waals surface area contributed by atoms with E-state index < -0.39 is 10.0 Å². The summed E-state index contributed by atoms with van der Waals surface area (Å²) in [6, 6.07) is 6.31.